The monoisotopic (exact) mass is 311 g/mol. The molecule has 1 unspecified atom stereocenters. The van der Waals surface area contributed by atoms with Crippen molar-refractivity contribution in [2.24, 2.45) is 0 Å². The smallest absolute Gasteiger partial charge is 0.338 e. The molecule has 1 N–H and O–H groups in total. The predicted octanol–water partition coefficient (Wildman–Crippen LogP) is 3.17. The Bertz CT molecular complexity index is 695. The average molecular weight is 311 g/mol. The molecule has 2 rings (SSSR count). The van der Waals surface area contributed by atoms with E-state index in [1.165, 1.54) is 0 Å². The zero-order valence-corrected chi connectivity index (χ0v) is 13.6. The molecule has 120 valence electrons. The van der Waals surface area contributed by atoms with Gasteiger partial charge in [0.05, 0.1) is 5.56 Å². The van der Waals surface area contributed by atoms with Gasteiger partial charge in [-0.25, -0.2) is 4.79 Å². The minimum atomic E-state index is -0.840. The predicted molar refractivity (Wildman–Crippen MR) is 89.1 cm³/mol. The van der Waals surface area contributed by atoms with Crippen LogP contribution in [0.4, 0.5) is 0 Å². The van der Waals surface area contributed by atoms with E-state index in [4.69, 9.17) is 4.74 Å². The highest BCUT2D eigenvalue weighted by molar-refractivity contribution is 5.92. The Balaban J connectivity index is 1.89. The second kappa shape index (κ2) is 7.58. The lowest BCUT2D eigenvalue weighted by atomic mass is 10.1. The highest BCUT2D eigenvalue weighted by Gasteiger charge is 2.18. The highest BCUT2D eigenvalue weighted by atomic mass is 16.5. The van der Waals surface area contributed by atoms with E-state index in [2.05, 4.69) is 5.32 Å². The molecule has 4 nitrogen and oxygen atoms in total. The number of aryl methyl sites for hydroxylation is 2. The zero-order valence-electron chi connectivity index (χ0n) is 13.6. The summed E-state index contributed by atoms with van der Waals surface area (Å²) in [4.78, 5) is 24.1. The van der Waals surface area contributed by atoms with Crippen molar-refractivity contribution in [2.45, 2.75) is 33.4 Å². The summed E-state index contributed by atoms with van der Waals surface area (Å²) in [6, 6.07) is 14.9. The average Bonchev–Trinajstić information content (AvgIpc) is 2.55. The van der Waals surface area contributed by atoms with Gasteiger partial charge in [-0.15, -0.1) is 0 Å². The van der Waals surface area contributed by atoms with Gasteiger partial charge in [0, 0.05) is 6.54 Å². The second-order valence-electron chi connectivity index (χ2n) is 5.55. The fraction of sp³-hybridized carbons (Fsp3) is 0.263. The van der Waals surface area contributed by atoms with Crippen LogP contribution < -0.4 is 5.32 Å². The molecular weight excluding hydrogens is 290 g/mol. The number of hydrogen-bond acceptors (Lipinski definition) is 3. The van der Waals surface area contributed by atoms with E-state index in [1.54, 1.807) is 19.1 Å². The van der Waals surface area contributed by atoms with Crippen molar-refractivity contribution < 1.29 is 14.3 Å². The van der Waals surface area contributed by atoms with E-state index in [-0.39, 0.29) is 5.91 Å². The first kappa shape index (κ1) is 16.7. The van der Waals surface area contributed by atoms with E-state index >= 15 is 0 Å². The molecule has 0 saturated carbocycles. The maximum Gasteiger partial charge on any atom is 0.338 e. The standard InChI is InChI=1S/C19H21NO3/c1-13-9-10-17(11-14(13)2)19(22)23-15(3)18(21)20-12-16-7-5-4-6-8-16/h4-11,15H,12H2,1-3H3,(H,20,21). The van der Waals surface area contributed by atoms with E-state index in [0.29, 0.717) is 12.1 Å². The van der Waals surface area contributed by atoms with Gasteiger partial charge in [-0.3, -0.25) is 4.79 Å². The van der Waals surface area contributed by atoms with Crippen molar-refractivity contribution in [1.82, 2.24) is 5.32 Å². The van der Waals surface area contributed by atoms with Crippen LogP contribution in [-0.4, -0.2) is 18.0 Å². The van der Waals surface area contributed by atoms with Crippen molar-refractivity contribution in [3.05, 3.63) is 70.8 Å². The highest BCUT2D eigenvalue weighted by Crippen LogP contribution is 2.12. The number of benzene rings is 2. The molecular formula is C19H21NO3. The van der Waals surface area contributed by atoms with Crippen molar-refractivity contribution in [3.8, 4) is 0 Å². The summed E-state index contributed by atoms with van der Waals surface area (Å²) in [5.74, 6) is -0.804. The third-order valence-electron chi connectivity index (χ3n) is 3.71. The summed E-state index contributed by atoms with van der Waals surface area (Å²) in [7, 11) is 0. The quantitative estimate of drug-likeness (QED) is 0.863. The molecule has 1 atom stereocenters. The normalized spacial score (nSPS) is 11.6. The summed E-state index contributed by atoms with van der Waals surface area (Å²) >= 11 is 0. The second-order valence-corrected chi connectivity index (χ2v) is 5.55. The first-order chi connectivity index (χ1) is 11.0. The van der Waals surface area contributed by atoms with Gasteiger partial charge in [0.1, 0.15) is 0 Å². The van der Waals surface area contributed by atoms with Gasteiger partial charge < -0.3 is 10.1 Å². The first-order valence-corrected chi connectivity index (χ1v) is 7.57. The molecule has 1 amide bonds. The van der Waals surface area contributed by atoms with Crippen LogP contribution in [0.2, 0.25) is 0 Å². The molecule has 0 spiro atoms. The Kier molecular flexibility index (Phi) is 5.52. The van der Waals surface area contributed by atoms with E-state index in [0.717, 1.165) is 16.7 Å². The van der Waals surface area contributed by atoms with Crippen molar-refractivity contribution in [1.29, 1.82) is 0 Å². The number of carbonyl (C=O) groups is 2. The van der Waals surface area contributed by atoms with Crippen LogP contribution in [0, 0.1) is 13.8 Å². The number of hydrogen-bond donors (Lipinski definition) is 1. The Morgan fingerprint density at radius 2 is 1.74 bits per heavy atom. The number of rotatable bonds is 5. The largest absolute Gasteiger partial charge is 0.449 e. The Hall–Kier alpha value is -2.62. The lowest BCUT2D eigenvalue weighted by molar-refractivity contribution is -0.129. The first-order valence-electron chi connectivity index (χ1n) is 7.57. The molecule has 0 aliphatic heterocycles. The molecule has 0 bridgehead atoms. The summed E-state index contributed by atoms with van der Waals surface area (Å²) in [5.41, 5.74) is 3.57. The summed E-state index contributed by atoms with van der Waals surface area (Å²) < 4.78 is 5.23. The maximum absolute atomic E-state index is 12.1. The number of esters is 1. The van der Waals surface area contributed by atoms with Gasteiger partial charge in [0.25, 0.3) is 5.91 Å². The van der Waals surface area contributed by atoms with Crippen LogP contribution in [0.15, 0.2) is 48.5 Å². The topological polar surface area (TPSA) is 55.4 Å². The Morgan fingerprint density at radius 3 is 2.39 bits per heavy atom. The SMILES string of the molecule is Cc1ccc(C(=O)OC(C)C(=O)NCc2ccccc2)cc1C. The fourth-order valence-electron chi connectivity index (χ4n) is 2.08. The van der Waals surface area contributed by atoms with E-state index in [1.807, 2.05) is 50.2 Å². The Labute approximate surface area is 136 Å². The van der Waals surface area contributed by atoms with Crippen LogP contribution in [0.5, 0.6) is 0 Å². The number of amides is 1. The van der Waals surface area contributed by atoms with Crippen molar-refractivity contribution in [3.63, 3.8) is 0 Å². The molecule has 4 heteroatoms. The van der Waals surface area contributed by atoms with Crippen LogP contribution in [0.3, 0.4) is 0 Å². The van der Waals surface area contributed by atoms with Gasteiger partial charge in [-0.1, -0.05) is 36.4 Å². The fourth-order valence-corrected chi connectivity index (χ4v) is 2.08. The molecule has 0 fully saturated rings. The maximum atomic E-state index is 12.1. The molecule has 0 aromatic heterocycles. The molecule has 0 heterocycles. The number of carbonyl (C=O) groups excluding carboxylic acids is 2. The van der Waals surface area contributed by atoms with Crippen LogP contribution in [-0.2, 0) is 16.1 Å². The van der Waals surface area contributed by atoms with Crippen molar-refractivity contribution in [2.75, 3.05) is 0 Å². The van der Waals surface area contributed by atoms with Gasteiger partial charge in [0.2, 0.25) is 0 Å². The van der Waals surface area contributed by atoms with E-state index < -0.39 is 12.1 Å². The van der Waals surface area contributed by atoms with Gasteiger partial charge in [-0.05, 0) is 49.6 Å². The molecule has 0 aliphatic rings. The van der Waals surface area contributed by atoms with E-state index in [9.17, 15) is 9.59 Å². The number of ether oxygens (including phenoxy) is 1. The molecule has 2 aromatic carbocycles. The summed E-state index contributed by atoms with van der Waals surface area (Å²) in [6.45, 7) is 5.89. The number of nitrogens with one attached hydrogen (secondary N) is 1. The van der Waals surface area contributed by atoms with Gasteiger partial charge >= 0.3 is 5.97 Å². The summed E-state index contributed by atoms with van der Waals surface area (Å²) in [5, 5.41) is 2.76. The molecule has 0 radical (unpaired) electrons. The third-order valence-corrected chi connectivity index (χ3v) is 3.71. The third kappa shape index (κ3) is 4.68. The van der Waals surface area contributed by atoms with Crippen LogP contribution in [0.25, 0.3) is 0 Å². The molecule has 0 saturated heterocycles. The zero-order chi connectivity index (χ0) is 16.8. The lowest BCUT2D eigenvalue weighted by Crippen LogP contribution is -2.35. The van der Waals surface area contributed by atoms with Gasteiger partial charge in [0.15, 0.2) is 6.10 Å². The minimum absolute atomic E-state index is 0.314. The molecule has 0 aliphatic carbocycles. The Morgan fingerprint density at radius 1 is 1.04 bits per heavy atom. The van der Waals surface area contributed by atoms with Crippen LogP contribution >= 0.6 is 0 Å². The van der Waals surface area contributed by atoms with Crippen LogP contribution in [0.1, 0.15) is 34.0 Å². The van der Waals surface area contributed by atoms with Gasteiger partial charge in [-0.2, -0.15) is 0 Å². The molecule has 23 heavy (non-hydrogen) atoms. The van der Waals surface area contributed by atoms with Crippen molar-refractivity contribution >= 4 is 11.9 Å². The lowest BCUT2D eigenvalue weighted by Gasteiger charge is -2.14. The molecule has 2 aromatic rings. The minimum Gasteiger partial charge on any atom is -0.449 e. The summed E-state index contributed by atoms with van der Waals surface area (Å²) in [6.07, 6.45) is -0.840.